The lowest BCUT2D eigenvalue weighted by atomic mass is 9.79. The van der Waals surface area contributed by atoms with Crippen molar-refractivity contribution < 1.29 is 19.1 Å². The summed E-state index contributed by atoms with van der Waals surface area (Å²) >= 11 is 0. The van der Waals surface area contributed by atoms with Gasteiger partial charge in [0.05, 0.1) is 13.2 Å². The van der Waals surface area contributed by atoms with Crippen LogP contribution in [0.1, 0.15) is 63.9 Å². The Kier molecular flexibility index (Phi) is 6.69. The van der Waals surface area contributed by atoms with Crippen molar-refractivity contribution in [3.63, 3.8) is 0 Å². The molecule has 1 amide bonds. The van der Waals surface area contributed by atoms with Crippen LogP contribution in [0, 0.1) is 6.92 Å². The van der Waals surface area contributed by atoms with Crippen molar-refractivity contribution in [2.45, 2.75) is 70.3 Å². The molecule has 2 aliphatic rings. The van der Waals surface area contributed by atoms with Gasteiger partial charge < -0.3 is 19.6 Å². The molecule has 2 heterocycles. The fourth-order valence-corrected chi connectivity index (χ4v) is 4.72. The standard InChI is InChI=1S/C22H34N2O5/c1-16-13-17(25)19(27)20(29-16)21(2,3)14-18(26)23-15-22(7-5-4-6-8-22)24-9-11-28-12-10-24/h13,27H,4-12,14-15H2,1-3H3,(H,23,26). The second-order valence-corrected chi connectivity index (χ2v) is 9.12. The second-order valence-electron chi connectivity index (χ2n) is 9.12. The number of rotatable bonds is 6. The molecule has 1 saturated carbocycles. The van der Waals surface area contributed by atoms with Gasteiger partial charge in [-0.15, -0.1) is 0 Å². The summed E-state index contributed by atoms with van der Waals surface area (Å²) in [5.74, 6) is 0.0743. The molecule has 162 valence electrons. The van der Waals surface area contributed by atoms with Gasteiger partial charge in [0.2, 0.25) is 17.1 Å². The molecule has 29 heavy (non-hydrogen) atoms. The van der Waals surface area contributed by atoms with Gasteiger partial charge in [-0.05, 0) is 19.8 Å². The van der Waals surface area contributed by atoms with E-state index in [0.717, 1.165) is 39.1 Å². The lowest BCUT2D eigenvalue weighted by Crippen LogP contribution is -2.59. The van der Waals surface area contributed by atoms with E-state index < -0.39 is 16.6 Å². The van der Waals surface area contributed by atoms with Gasteiger partial charge in [0, 0.05) is 43.1 Å². The number of hydrogen-bond acceptors (Lipinski definition) is 6. The minimum atomic E-state index is -0.794. The molecular formula is C22H34N2O5. The fraction of sp³-hybridized carbons (Fsp3) is 0.727. The highest BCUT2D eigenvalue weighted by atomic mass is 16.5. The van der Waals surface area contributed by atoms with Crippen LogP contribution in [0.25, 0.3) is 0 Å². The summed E-state index contributed by atoms with van der Waals surface area (Å²) in [5, 5.41) is 13.3. The number of ether oxygens (including phenoxy) is 1. The third kappa shape index (κ3) is 5.01. The summed E-state index contributed by atoms with van der Waals surface area (Å²) in [6, 6.07) is 1.25. The number of nitrogens with zero attached hydrogens (tertiary/aromatic N) is 1. The highest BCUT2D eigenvalue weighted by Crippen LogP contribution is 2.35. The van der Waals surface area contributed by atoms with Crippen molar-refractivity contribution in [2.75, 3.05) is 32.8 Å². The zero-order valence-corrected chi connectivity index (χ0v) is 17.9. The van der Waals surface area contributed by atoms with Crippen molar-refractivity contribution in [3.05, 3.63) is 27.8 Å². The van der Waals surface area contributed by atoms with Gasteiger partial charge in [0.1, 0.15) is 5.76 Å². The van der Waals surface area contributed by atoms with Crippen LogP contribution in [0.2, 0.25) is 0 Å². The first kappa shape index (κ1) is 21.8. The number of carbonyl (C=O) groups is 1. The Morgan fingerprint density at radius 3 is 2.55 bits per heavy atom. The molecule has 3 rings (SSSR count). The lowest BCUT2D eigenvalue weighted by Gasteiger charge is -2.48. The van der Waals surface area contributed by atoms with E-state index in [-0.39, 0.29) is 23.6 Å². The molecule has 0 unspecified atom stereocenters. The first-order valence-electron chi connectivity index (χ1n) is 10.7. The van der Waals surface area contributed by atoms with Crippen LogP contribution in [0.4, 0.5) is 0 Å². The molecular weight excluding hydrogens is 372 g/mol. The predicted octanol–water partition coefficient (Wildman–Crippen LogP) is 2.47. The van der Waals surface area contributed by atoms with E-state index in [1.165, 1.54) is 25.3 Å². The Labute approximate surface area is 172 Å². The maximum absolute atomic E-state index is 12.8. The van der Waals surface area contributed by atoms with Crippen LogP contribution < -0.4 is 10.7 Å². The first-order chi connectivity index (χ1) is 13.7. The van der Waals surface area contributed by atoms with E-state index in [2.05, 4.69) is 10.2 Å². The third-order valence-corrected chi connectivity index (χ3v) is 6.34. The van der Waals surface area contributed by atoms with Crippen molar-refractivity contribution in [1.82, 2.24) is 10.2 Å². The van der Waals surface area contributed by atoms with Crippen LogP contribution in [0.5, 0.6) is 5.75 Å². The maximum Gasteiger partial charge on any atom is 0.227 e. The number of amides is 1. The second kappa shape index (κ2) is 8.88. The zero-order chi connectivity index (χ0) is 21.1. The van der Waals surface area contributed by atoms with E-state index in [0.29, 0.717) is 12.3 Å². The molecule has 1 aliphatic carbocycles. The lowest BCUT2D eigenvalue weighted by molar-refractivity contribution is -0.123. The average Bonchev–Trinajstić information content (AvgIpc) is 2.70. The summed E-state index contributed by atoms with van der Waals surface area (Å²) in [6.07, 6.45) is 5.92. The Balaban J connectivity index is 1.68. The number of aryl methyl sites for hydroxylation is 1. The molecule has 2 fully saturated rings. The van der Waals surface area contributed by atoms with Crippen LogP contribution >= 0.6 is 0 Å². The highest BCUT2D eigenvalue weighted by Gasteiger charge is 2.39. The van der Waals surface area contributed by atoms with E-state index in [1.54, 1.807) is 6.92 Å². The minimum Gasteiger partial charge on any atom is -0.502 e. The molecule has 1 aromatic rings. The first-order valence-corrected chi connectivity index (χ1v) is 10.7. The molecule has 2 N–H and O–H groups in total. The fourth-order valence-electron chi connectivity index (χ4n) is 4.72. The smallest absolute Gasteiger partial charge is 0.227 e. The van der Waals surface area contributed by atoms with Gasteiger partial charge in [-0.3, -0.25) is 14.5 Å². The van der Waals surface area contributed by atoms with Crippen molar-refractivity contribution in [2.24, 2.45) is 0 Å². The van der Waals surface area contributed by atoms with Crippen molar-refractivity contribution >= 4 is 5.91 Å². The molecule has 7 nitrogen and oxygen atoms in total. The molecule has 1 saturated heterocycles. The molecule has 1 aromatic heterocycles. The molecule has 7 heteroatoms. The van der Waals surface area contributed by atoms with Gasteiger partial charge in [-0.2, -0.15) is 0 Å². The molecule has 0 bridgehead atoms. The van der Waals surface area contributed by atoms with Gasteiger partial charge in [0.15, 0.2) is 5.76 Å². The number of morpholine rings is 1. The number of carbonyl (C=O) groups excluding carboxylic acids is 1. The largest absolute Gasteiger partial charge is 0.502 e. The van der Waals surface area contributed by atoms with E-state index in [4.69, 9.17) is 9.15 Å². The van der Waals surface area contributed by atoms with Gasteiger partial charge in [0.25, 0.3) is 0 Å². The summed E-state index contributed by atoms with van der Waals surface area (Å²) in [6.45, 7) is 9.20. The van der Waals surface area contributed by atoms with Crippen LogP contribution in [0.15, 0.2) is 15.3 Å². The Hall–Kier alpha value is -1.86. The molecule has 1 aliphatic heterocycles. The predicted molar refractivity (Wildman–Crippen MR) is 110 cm³/mol. The molecule has 0 atom stereocenters. The molecule has 0 radical (unpaired) electrons. The number of nitrogens with one attached hydrogen (secondary N) is 1. The Morgan fingerprint density at radius 2 is 1.90 bits per heavy atom. The summed E-state index contributed by atoms with van der Waals surface area (Å²) < 4.78 is 11.1. The van der Waals surface area contributed by atoms with E-state index in [1.807, 2.05) is 13.8 Å². The normalized spacial score (nSPS) is 20.4. The van der Waals surface area contributed by atoms with Crippen molar-refractivity contribution in [3.8, 4) is 5.75 Å². The molecule has 0 aromatic carbocycles. The molecule has 0 spiro atoms. The van der Waals surface area contributed by atoms with Gasteiger partial charge in [-0.25, -0.2) is 0 Å². The summed E-state index contributed by atoms with van der Waals surface area (Å²) in [5.41, 5.74) is -1.27. The Bertz CT molecular complexity index is 774. The van der Waals surface area contributed by atoms with E-state index in [9.17, 15) is 14.7 Å². The average molecular weight is 407 g/mol. The quantitative estimate of drug-likeness (QED) is 0.754. The van der Waals surface area contributed by atoms with Gasteiger partial charge in [-0.1, -0.05) is 33.1 Å². The van der Waals surface area contributed by atoms with E-state index >= 15 is 0 Å². The van der Waals surface area contributed by atoms with Gasteiger partial charge >= 0.3 is 0 Å². The minimum absolute atomic E-state index is 0.000129. The third-order valence-electron chi connectivity index (χ3n) is 6.34. The maximum atomic E-state index is 12.8. The summed E-state index contributed by atoms with van der Waals surface area (Å²) in [7, 11) is 0. The number of hydrogen-bond donors (Lipinski definition) is 2. The SMILES string of the molecule is Cc1cc(=O)c(O)c(C(C)(C)CC(=O)NCC2(N3CCOCC3)CCCCC2)o1. The highest BCUT2D eigenvalue weighted by molar-refractivity contribution is 5.77. The number of aromatic hydroxyl groups is 1. The van der Waals surface area contributed by atoms with Crippen LogP contribution in [-0.2, 0) is 14.9 Å². The van der Waals surface area contributed by atoms with Crippen LogP contribution in [0.3, 0.4) is 0 Å². The summed E-state index contributed by atoms with van der Waals surface area (Å²) in [4.78, 5) is 27.2. The topological polar surface area (TPSA) is 92.0 Å². The monoisotopic (exact) mass is 406 g/mol. The van der Waals surface area contributed by atoms with Crippen molar-refractivity contribution in [1.29, 1.82) is 0 Å². The van der Waals surface area contributed by atoms with Crippen LogP contribution in [-0.4, -0.2) is 54.3 Å². The zero-order valence-electron chi connectivity index (χ0n) is 17.9. The Morgan fingerprint density at radius 1 is 1.24 bits per heavy atom.